The molecule has 1 aliphatic carbocycles. The number of halogens is 3. The van der Waals surface area contributed by atoms with Crippen molar-refractivity contribution in [2.24, 2.45) is 0 Å². The fourth-order valence-corrected chi connectivity index (χ4v) is 4.18. The minimum Gasteiger partial charge on any atom is -0.342 e. The molecule has 150 valence electrons. The van der Waals surface area contributed by atoms with Crippen molar-refractivity contribution >= 4 is 5.82 Å². The molecule has 2 aliphatic rings. The zero-order valence-electron chi connectivity index (χ0n) is 15.8. The van der Waals surface area contributed by atoms with E-state index in [1.165, 1.54) is 12.1 Å². The molecule has 1 saturated carbocycles. The maximum atomic E-state index is 13.5. The summed E-state index contributed by atoms with van der Waals surface area (Å²) in [6, 6.07) is 5.71. The van der Waals surface area contributed by atoms with Crippen molar-refractivity contribution in [1.82, 2.24) is 24.7 Å². The van der Waals surface area contributed by atoms with Crippen molar-refractivity contribution in [2.45, 2.75) is 50.9 Å². The highest BCUT2D eigenvalue weighted by Gasteiger charge is 2.40. The first-order chi connectivity index (χ1) is 14.0. The first-order valence-electron chi connectivity index (χ1n) is 9.71. The Hall–Kier alpha value is -2.97. The van der Waals surface area contributed by atoms with Crippen LogP contribution in [0.4, 0.5) is 19.0 Å². The summed E-state index contributed by atoms with van der Waals surface area (Å²) in [6.45, 7) is 2.07. The van der Waals surface area contributed by atoms with Gasteiger partial charge < -0.3 is 4.90 Å². The summed E-state index contributed by atoms with van der Waals surface area (Å²) in [4.78, 5) is 11.2. The number of anilines is 1. The van der Waals surface area contributed by atoms with E-state index in [0.29, 0.717) is 17.5 Å². The van der Waals surface area contributed by atoms with E-state index in [0.717, 1.165) is 37.6 Å². The molecule has 0 radical (unpaired) electrons. The third-order valence-electron chi connectivity index (χ3n) is 5.79. The van der Waals surface area contributed by atoms with Gasteiger partial charge in [0.15, 0.2) is 17.5 Å². The molecule has 1 fully saturated rings. The number of hydrogen-bond acceptors (Lipinski definition) is 5. The lowest BCUT2D eigenvalue weighted by molar-refractivity contribution is -0.137. The minimum atomic E-state index is -4.48. The van der Waals surface area contributed by atoms with Gasteiger partial charge in [-0.15, -0.1) is 10.2 Å². The fourth-order valence-electron chi connectivity index (χ4n) is 4.18. The summed E-state index contributed by atoms with van der Waals surface area (Å²) < 4.78 is 42.4. The van der Waals surface area contributed by atoms with Crippen LogP contribution in [-0.2, 0) is 6.18 Å². The number of nitrogens with zero attached hydrogens (tertiary/aromatic N) is 6. The highest BCUT2D eigenvalue weighted by molar-refractivity contribution is 5.68. The quantitative estimate of drug-likeness (QED) is 0.645. The molecule has 3 aromatic rings. The molecular weight excluding hydrogens is 381 g/mol. The van der Waals surface area contributed by atoms with Crippen LogP contribution in [0.15, 0.2) is 36.8 Å². The van der Waals surface area contributed by atoms with Gasteiger partial charge in [0.25, 0.3) is 0 Å². The summed E-state index contributed by atoms with van der Waals surface area (Å²) in [7, 11) is 0. The predicted molar refractivity (Wildman–Crippen MR) is 101 cm³/mol. The van der Waals surface area contributed by atoms with Crippen LogP contribution in [0.2, 0.25) is 0 Å². The Morgan fingerprint density at radius 1 is 1.17 bits per heavy atom. The molecule has 29 heavy (non-hydrogen) atoms. The molecule has 0 saturated heterocycles. The van der Waals surface area contributed by atoms with Crippen LogP contribution in [0.3, 0.4) is 0 Å². The van der Waals surface area contributed by atoms with Gasteiger partial charge in [-0.05, 0) is 31.7 Å². The minimum absolute atomic E-state index is 0.0149. The van der Waals surface area contributed by atoms with Gasteiger partial charge in [0.05, 0.1) is 17.8 Å². The van der Waals surface area contributed by atoms with Gasteiger partial charge in [-0.3, -0.25) is 4.57 Å². The van der Waals surface area contributed by atoms with E-state index in [9.17, 15) is 13.2 Å². The molecule has 2 aromatic heterocycles. The SMILES string of the molecule is CC[C@@H]1c2nncn2-c2cnc(-c3ccccc3C(F)(F)F)nc2N1C1CCC1. The van der Waals surface area contributed by atoms with Crippen LogP contribution in [0.25, 0.3) is 17.1 Å². The molecule has 5 rings (SSSR count). The normalized spacial score (nSPS) is 18.9. The Bertz CT molecular complexity index is 1060. The number of rotatable bonds is 3. The molecule has 0 unspecified atom stereocenters. The average molecular weight is 400 g/mol. The van der Waals surface area contributed by atoms with Crippen molar-refractivity contribution in [2.75, 3.05) is 4.90 Å². The lowest BCUT2D eigenvalue weighted by atomic mass is 9.89. The molecule has 1 aromatic carbocycles. The van der Waals surface area contributed by atoms with Gasteiger partial charge in [-0.2, -0.15) is 13.2 Å². The molecule has 3 heterocycles. The Morgan fingerprint density at radius 2 is 1.97 bits per heavy atom. The highest BCUT2D eigenvalue weighted by Crippen LogP contribution is 2.44. The maximum absolute atomic E-state index is 13.5. The zero-order chi connectivity index (χ0) is 20.2. The second-order valence-electron chi connectivity index (χ2n) is 7.42. The molecular formula is C20H19F3N6. The molecule has 0 spiro atoms. The first-order valence-corrected chi connectivity index (χ1v) is 9.71. The van der Waals surface area contributed by atoms with E-state index in [1.54, 1.807) is 18.6 Å². The van der Waals surface area contributed by atoms with Crippen LogP contribution in [0.5, 0.6) is 0 Å². The molecule has 0 bridgehead atoms. The van der Waals surface area contributed by atoms with E-state index in [1.807, 2.05) is 4.57 Å². The number of alkyl halides is 3. The summed E-state index contributed by atoms with van der Waals surface area (Å²) in [6.07, 6.45) is 2.71. The van der Waals surface area contributed by atoms with E-state index in [-0.39, 0.29) is 17.4 Å². The van der Waals surface area contributed by atoms with Crippen LogP contribution in [-0.4, -0.2) is 30.8 Å². The highest BCUT2D eigenvalue weighted by atomic mass is 19.4. The van der Waals surface area contributed by atoms with Crippen LogP contribution >= 0.6 is 0 Å². The summed E-state index contributed by atoms with van der Waals surface area (Å²) in [5.74, 6) is 1.54. The fraction of sp³-hybridized carbons (Fsp3) is 0.400. The first kappa shape index (κ1) is 18.1. The van der Waals surface area contributed by atoms with Gasteiger partial charge in [-0.1, -0.05) is 25.1 Å². The average Bonchev–Trinajstić information content (AvgIpc) is 3.15. The number of hydrogen-bond donors (Lipinski definition) is 0. The van der Waals surface area contributed by atoms with Gasteiger partial charge in [0.2, 0.25) is 0 Å². The molecule has 1 aliphatic heterocycles. The molecule has 1 atom stereocenters. The van der Waals surface area contributed by atoms with Gasteiger partial charge in [-0.25, -0.2) is 9.97 Å². The third-order valence-corrected chi connectivity index (χ3v) is 5.79. The Labute approximate surface area is 165 Å². The second kappa shape index (κ2) is 6.53. The lowest BCUT2D eigenvalue weighted by Crippen LogP contribution is -2.46. The smallest absolute Gasteiger partial charge is 0.342 e. The monoisotopic (exact) mass is 400 g/mol. The summed E-state index contributed by atoms with van der Waals surface area (Å²) >= 11 is 0. The molecule has 6 nitrogen and oxygen atoms in total. The Morgan fingerprint density at radius 3 is 2.66 bits per heavy atom. The predicted octanol–water partition coefficient (Wildman–Crippen LogP) is 4.57. The standard InChI is InChI=1S/C20H19F3N6/c1-2-15-19-27-25-11-28(19)16-10-24-17(26-18(16)29(15)12-6-5-7-12)13-8-3-4-9-14(13)20(21,22)23/h3-4,8-12,15H,2,5-7H2,1H3/t15-/m1/s1. The number of benzene rings is 1. The molecule has 0 N–H and O–H groups in total. The number of fused-ring (bicyclic) bond motifs is 3. The van der Waals surface area contributed by atoms with Crippen LogP contribution < -0.4 is 4.90 Å². The summed E-state index contributed by atoms with van der Waals surface area (Å²) in [5.41, 5.74) is -0.0446. The van der Waals surface area contributed by atoms with Crippen LogP contribution in [0, 0.1) is 0 Å². The van der Waals surface area contributed by atoms with E-state index >= 15 is 0 Å². The zero-order valence-corrected chi connectivity index (χ0v) is 15.8. The van der Waals surface area contributed by atoms with E-state index in [4.69, 9.17) is 0 Å². The third kappa shape index (κ3) is 2.79. The van der Waals surface area contributed by atoms with Crippen molar-refractivity contribution in [3.63, 3.8) is 0 Å². The van der Waals surface area contributed by atoms with E-state index in [2.05, 4.69) is 32.0 Å². The second-order valence-corrected chi connectivity index (χ2v) is 7.42. The number of aromatic nitrogens is 5. The molecule has 0 amide bonds. The van der Waals surface area contributed by atoms with Crippen molar-refractivity contribution < 1.29 is 13.2 Å². The van der Waals surface area contributed by atoms with E-state index < -0.39 is 11.7 Å². The van der Waals surface area contributed by atoms with Gasteiger partial charge in [0.1, 0.15) is 12.0 Å². The molecule has 9 heteroatoms. The lowest BCUT2D eigenvalue weighted by Gasteiger charge is -2.45. The topological polar surface area (TPSA) is 59.7 Å². The van der Waals surface area contributed by atoms with Crippen molar-refractivity contribution in [3.8, 4) is 17.1 Å². The summed E-state index contributed by atoms with van der Waals surface area (Å²) in [5, 5.41) is 8.34. The maximum Gasteiger partial charge on any atom is 0.417 e. The van der Waals surface area contributed by atoms with Crippen LogP contribution in [0.1, 0.15) is 50.0 Å². The Kier molecular flexibility index (Phi) is 4.07. The Balaban J connectivity index is 1.70. The van der Waals surface area contributed by atoms with Crippen molar-refractivity contribution in [3.05, 3.63) is 48.2 Å². The van der Waals surface area contributed by atoms with Gasteiger partial charge >= 0.3 is 6.18 Å². The van der Waals surface area contributed by atoms with Gasteiger partial charge in [0, 0.05) is 11.6 Å². The van der Waals surface area contributed by atoms with Crippen molar-refractivity contribution in [1.29, 1.82) is 0 Å². The largest absolute Gasteiger partial charge is 0.417 e.